The maximum atomic E-state index is 6.13. The SMILES string of the molecule is Cc1ccc(CNCCc2ncon2)c(Cl)c1. The van der Waals surface area contributed by atoms with Crippen molar-refractivity contribution in [2.45, 2.75) is 19.9 Å². The normalized spacial score (nSPS) is 10.7. The zero-order chi connectivity index (χ0) is 12.1. The zero-order valence-corrected chi connectivity index (χ0v) is 10.4. The van der Waals surface area contributed by atoms with Gasteiger partial charge >= 0.3 is 0 Å². The molecule has 1 heterocycles. The van der Waals surface area contributed by atoms with Crippen LogP contribution in [0.1, 0.15) is 17.0 Å². The van der Waals surface area contributed by atoms with Crippen molar-refractivity contribution in [2.75, 3.05) is 6.54 Å². The van der Waals surface area contributed by atoms with Gasteiger partial charge in [0.1, 0.15) is 0 Å². The Hall–Kier alpha value is -1.39. The summed E-state index contributed by atoms with van der Waals surface area (Å²) in [4.78, 5) is 3.95. The summed E-state index contributed by atoms with van der Waals surface area (Å²) in [7, 11) is 0. The molecular formula is C12H14ClN3O. The lowest BCUT2D eigenvalue weighted by Crippen LogP contribution is -2.17. The molecule has 0 saturated heterocycles. The fourth-order valence-corrected chi connectivity index (χ4v) is 1.82. The number of nitrogens with zero attached hydrogens (tertiary/aromatic N) is 2. The molecule has 4 nitrogen and oxygen atoms in total. The number of aryl methyl sites for hydroxylation is 1. The fraction of sp³-hybridized carbons (Fsp3) is 0.333. The first kappa shape index (κ1) is 12.1. The zero-order valence-electron chi connectivity index (χ0n) is 9.61. The van der Waals surface area contributed by atoms with Gasteiger partial charge in [0.2, 0.25) is 6.39 Å². The van der Waals surface area contributed by atoms with Crippen molar-refractivity contribution in [3.63, 3.8) is 0 Å². The first-order valence-electron chi connectivity index (χ1n) is 5.46. The standard InChI is InChI=1S/C12H14ClN3O/c1-9-2-3-10(11(13)6-9)7-14-5-4-12-15-8-17-16-12/h2-3,6,8,14H,4-5,7H2,1H3. The van der Waals surface area contributed by atoms with Crippen molar-refractivity contribution >= 4 is 11.6 Å². The van der Waals surface area contributed by atoms with Crippen molar-refractivity contribution in [1.82, 2.24) is 15.5 Å². The second kappa shape index (κ2) is 5.80. The molecule has 0 aliphatic heterocycles. The van der Waals surface area contributed by atoms with Crippen LogP contribution in [0.5, 0.6) is 0 Å². The van der Waals surface area contributed by atoms with E-state index in [-0.39, 0.29) is 0 Å². The highest BCUT2D eigenvalue weighted by Crippen LogP contribution is 2.17. The first-order valence-corrected chi connectivity index (χ1v) is 5.84. The Bertz CT molecular complexity index is 471. The number of hydrogen-bond acceptors (Lipinski definition) is 4. The Labute approximate surface area is 105 Å². The summed E-state index contributed by atoms with van der Waals surface area (Å²) in [6.07, 6.45) is 2.09. The average molecular weight is 252 g/mol. The van der Waals surface area contributed by atoms with Gasteiger partial charge in [0.15, 0.2) is 5.82 Å². The minimum atomic E-state index is 0.715. The monoisotopic (exact) mass is 251 g/mol. The smallest absolute Gasteiger partial charge is 0.213 e. The van der Waals surface area contributed by atoms with Crippen molar-refractivity contribution in [3.8, 4) is 0 Å². The second-order valence-corrected chi connectivity index (χ2v) is 4.28. The van der Waals surface area contributed by atoms with Gasteiger partial charge in [-0.1, -0.05) is 28.9 Å². The highest BCUT2D eigenvalue weighted by Gasteiger charge is 2.01. The van der Waals surface area contributed by atoms with Crippen LogP contribution in [-0.2, 0) is 13.0 Å². The van der Waals surface area contributed by atoms with Gasteiger partial charge in [-0.15, -0.1) is 0 Å². The van der Waals surface area contributed by atoms with Gasteiger partial charge < -0.3 is 9.84 Å². The lowest BCUT2D eigenvalue weighted by molar-refractivity contribution is 0.409. The predicted octanol–water partition coefficient (Wildman–Crippen LogP) is 2.36. The van der Waals surface area contributed by atoms with E-state index in [4.69, 9.17) is 11.6 Å². The van der Waals surface area contributed by atoms with E-state index in [1.54, 1.807) is 0 Å². The van der Waals surface area contributed by atoms with Crippen LogP contribution >= 0.6 is 11.6 Å². The van der Waals surface area contributed by atoms with Gasteiger partial charge in [-0.05, 0) is 24.1 Å². The van der Waals surface area contributed by atoms with Gasteiger partial charge in [-0.2, -0.15) is 4.98 Å². The molecule has 0 bridgehead atoms. The molecule has 0 aliphatic carbocycles. The maximum absolute atomic E-state index is 6.13. The topological polar surface area (TPSA) is 51.0 Å². The summed E-state index contributed by atoms with van der Waals surface area (Å²) >= 11 is 6.13. The van der Waals surface area contributed by atoms with Crippen molar-refractivity contribution in [2.24, 2.45) is 0 Å². The van der Waals surface area contributed by atoms with E-state index in [1.165, 1.54) is 12.0 Å². The van der Waals surface area contributed by atoms with Gasteiger partial charge in [-0.25, -0.2) is 0 Å². The molecule has 1 aromatic carbocycles. The summed E-state index contributed by atoms with van der Waals surface area (Å²) in [6, 6.07) is 6.07. The molecule has 0 atom stereocenters. The van der Waals surface area contributed by atoms with Crippen LogP contribution in [0.15, 0.2) is 29.1 Å². The van der Waals surface area contributed by atoms with Gasteiger partial charge in [0, 0.05) is 24.5 Å². The number of rotatable bonds is 5. The van der Waals surface area contributed by atoms with E-state index in [1.807, 2.05) is 19.1 Å². The lowest BCUT2D eigenvalue weighted by atomic mass is 10.1. The number of nitrogens with one attached hydrogen (secondary N) is 1. The molecule has 17 heavy (non-hydrogen) atoms. The quantitative estimate of drug-likeness (QED) is 0.829. The van der Waals surface area contributed by atoms with Crippen LogP contribution in [0.4, 0.5) is 0 Å². The van der Waals surface area contributed by atoms with Crippen LogP contribution in [0, 0.1) is 6.92 Å². The van der Waals surface area contributed by atoms with Crippen LogP contribution in [0.3, 0.4) is 0 Å². The molecule has 90 valence electrons. The molecular weight excluding hydrogens is 238 g/mol. The first-order chi connectivity index (χ1) is 8.25. The third kappa shape index (κ3) is 3.54. The van der Waals surface area contributed by atoms with E-state index in [0.29, 0.717) is 5.82 Å². The summed E-state index contributed by atoms with van der Waals surface area (Å²) in [6.45, 7) is 3.57. The second-order valence-electron chi connectivity index (χ2n) is 3.87. The summed E-state index contributed by atoms with van der Waals surface area (Å²) in [5.41, 5.74) is 2.27. The van der Waals surface area contributed by atoms with E-state index in [9.17, 15) is 0 Å². The number of hydrogen-bond donors (Lipinski definition) is 1. The molecule has 0 saturated carbocycles. The molecule has 2 aromatic rings. The highest BCUT2D eigenvalue weighted by atomic mass is 35.5. The number of benzene rings is 1. The third-order valence-electron chi connectivity index (χ3n) is 2.46. The average Bonchev–Trinajstić information content (AvgIpc) is 2.79. The molecule has 0 aliphatic rings. The molecule has 1 aromatic heterocycles. The summed E-state index contributed by atoms with van der Waals surface area (Å²) in [5.74, 6) is 0.715. The molecule has 0 amide bonds. The van der Waals surface area contributed by atoms with Crippen molar-refractivity contribution < 1.29 is 4.52 Å². The third-order valence-corrected chi connectivity index (χ3v) is 2.81. The van der Waals surface area contributed by atoms with E-state index < -0.39 is 0 Å². The molecule has 2 rings (SSSR count). The van der Waals surface area contributed by atoms with Crippen molar-refractivity contribution in [3.05, 3.63) is 46.6 Å². The minimum absolute atomic E-state index is 0.715. The number of halogens is 1. The van der Waals surface area contributed by atoms with Crippen molar-refractivity contribution in [1.29, 1.82) is 0 Å². The van der Waals surface area contributed by atoms with Crippen LogP contribution in [-0.4, -0.2) is 16.7 Å². The summed E-state index contributed by atoms with van der Waals surface area (Å²) in [5, 5.41) is 7.83. The maximum Gasteiger partial charge on any atom is 0.213 e. The largest absolute Gasteiger partial charge is 0.343 e. The summed E-state index contributed by atoms with van der Waals surface area (Å²) < 4.78 is 4.65. The predicted molar refractivity (Wildman–Crippen MR) is 65.9 cm³/mol. The Morgan fingerprint density at radius 2 is 2.29 bits per heavy atom. The lowest BCUT2D eigenvalue weighted by Gasteiger charge is -2.06. The highest BCUT2D eigenvalue weighted by molar-refractivity contribution is 6.31. The van der Waals surface area contributed by atoms with Crippen LogP contribution < -0.4 is 5.32 Å². The van der Waals surface area contributed by atoms with Gasteiger partial charge in [0.05, 0.1) is 0 Å². The Balaban J connectivity index is 1.78. The van der Waals surface area contributed by atoms with Gasteiger partial charge in [0.25, 0.3) is 0 Å². The van der Waals surface area contributed by atoms with E-state index >= 15 is 0 Å². The van der Waals surface area contributed by atoms with Gasteiger partial charge in [-0.3, -0.25) is 0 Å². The molecule has 0 radical (unpaired) electrons. The molecule has 5 heteroatoms. The molecule has 0 spiro atoms. The Morgan fingerprint density at radius 1 is 1.41 bits per heavy atom. The minimum Gasteiger partial charge on any atom is -0.343 e. The molecule has 0 fully saturated rings. The Kier molecular flexibility index (Phi) is 4.12. The van der Waals surface area contributed by atoms with E-state index in [2.05, 4.69) is 26.0 Å². The Morgan fingerprint density at radius 3 is 3.00 bits per heavy atom. The van der Waals surface area contributed by atoms with Crippen LogP contribution in [0.25, 0.3) is 0 Å². The fourth-order valence-electron chi connectivity index (χ4n) is 1.52. The van der Waals surface area contributed by atoms with E-state index in [0.717, 1.165) is 30.1 Å². The molecule has 0 unspecified atom stereocenters. The van der Waals surface area contributed by atoms with Crippen LogP contribution in [0.2, 0.25) is 5.02 Å². The molecule has 1 N–H and O–H groups in total. The number of aromatic nitrogens is 2.